The van der Waals surface area contributed by atoms with E-state index in [0.717, 1.165) is 16.4 Å². The predicted molar refractivity (Wildman–Crippen MR) is 49.1 cm³/mol. The topological polar surface area (TPSA) is 31.4 Å². The van der Waals surface area contributed by atoms with Crippen molar-refractivity contribution in [3.63, 3.8) is 0 Å². The first kappa shape index (κ1) is 9.19. The Morgan fingerprint density at radius 3 is 2.00 bits per heavy atom. The summed E-state index contributed by atoms with van der Waals surface area (Å²) in [5.41, 5.74) is 0. The summed E-state index contributed by atoms with van der Waals surface area (Å²) in [6.07, 6.45) is 5.32. The van der Waals surface area contributed by atoms with Crippen LogP contribution in [0.1, 0.15) is 0 Å². The summed E-state index contributed by atoms with van der Waals surface area (Å²) in [6, 6.07) is 0. The summed E-state index contributed by atoms with van der Waals surface area (Å²) in [4.78, 5) is 4.95. The monoisotopic (exact) mass is 185 g/mol. The van der Waals surface area contributed by atoms with Crippen LogP contribution >= 0.6 is 11.8 Å². The van der Waals surface area contributed by atoms with Gasteiger partial charge in [-0.25, -0.2) is 0 Å². The van der Waals surface area contributed by atoms with E-state index in [1.165, 1.54) is 0 Å². The Kier molecular flexibility index (Phi) is 3.22. The molecule has 4 heteroatoms. The lowest BCUT2D eigenvalue weighted by atomic mass is 10.4. The zero-order valence-electron chi connectivity index (χ0n) is 7.33. The van der Waals surface area contributed by atoms with E-state index < -0.39 is 0 Å². The molecule has 0 saturated heterocycles. The summed E-state index contributed by atoms with van der Waals surface area (Å²) in [7, 11) is 3.24. The van der Waals surface area contributed by atoms with E-state index in [1.54, 1.807) is 38.4 Å². The number of hydrogen-bond donors (Lipinski definition) is 0. The zero-order chi connectivity index (χ0) is 8.97. The fourth-order valence-electron chi connectivity index (χ4n) is 0.903. The van der Waals surface area contributed by atoms with Crippen LogP contribution in [-0.2, 0) is 0 Å². The SMILES string of the molecule is COc1cncc(OC)c1SC. The highest BCUT2D eigenvalue weighted by molar-refractivity contribution is 7.98. The number of methoxy groups -OCH3 is 2. The zero-order valence-corrected chi connectivity index (χ0v) is 8.14. The Morgan fingerprint density at radius 1 is 1.17 bits per heavy atom. The second kappa shape index (κ2) is 4.21. The van der Waals surface area contributed by atoms with Crippen LogP contribution in [0.15, 0.2) is 17.3 Å². The summed E-state index contributed by atoms with van der Waals surface area (Å²) in [5, 5.41) is 0. The first-order chi connectivity index (χ1) is 5.83. The number of ether oxygens (including phenoxy) is 2. The molecule has 66 valence electrons. The molecule has 0 unspecified atom stereocenters. The minimum atomic E-state index is 0.752. The van der Waals surface area contributed by atoms with Crippen LogP contribution in [0.4, 0.5) is 0 Å². The third kappa shape index (κ3) is 1.64. The van der Waals surface area contributed by atoms with E-state index in [0.29, 0.717) is 0 Å². The quantitative estimate of drug-likeness (QED) is 0.672. The van der Waals surface area contributed by atoms with Gasteiger partial charge in [-0.1, -0.05) is 0 Å². The summed E-state index contributed by atoms with van der Waals surface area (Å²) in [6.45, 7) is 0. The van der Waals surface area contributed by atoms with Gasteiger partial charge >= 0.3 is 0 Å². The molecule has 1 rings (SSSR count). The molecule has 1 heterocycles. The first-order valence-corrected chi connectivity index (χ1v) is 4.66. The van der Waals surface area contributed by atoms with Gasteiger partial charge < -0.3 is 9.47 Å². The van der Waals surface area contributed by atoms with Gasteiger partial charge in [0.05, 0.1) is 31.5 Å². The van der Waals surface area contributed by atoms with Crippen molar-refractivity contribution in [2.75, 3.05) is 20.5 Å². The minimum Gasteiger partial charge on any atom is -0.494 e. The number of rotatable bonds is 3. The number of pyridine rings is 1. The van der Waals surface area contributed by atoms with E-state index >= 15 is 0 Å². The summed E-state index contributed by atoms with van der Waals surface area (Å²) in [5.74, 6) is 1.50. The Morgan fingerprint density at radius 2 is 1.67 bits per heavy atom. The average molecular weight is 185 g/mol. The highest BCUT2D eigenvalue weighted by atomic mass is 32.2. The van der Waals surface area contributed by atoms with Gasteiger partial charge in [-0.15, -0.1) is 11.8 Å². The molecule has 0 N–H and O–H groups in total. The molecular weight excluding hydrogens is 174 g/mol. The lowest BCUT2D eigenvalue weighted by Crippen LogP contribution is -1.92. The van der Waals surface area contributed by atoms with Gasteiger partial charge in [0, 0.05) is 0 Å². The molecule has 0 radical (unpaired) electrons. The lowest BCUT2D eigenvalue weighted by Gasteiger charge is -2.08. The molecule has 1 aromatic heterocycles. The molecule has 1 aromatic rings. The van der Waals surface area contributed by atoms with E-state index in [4.69, 9.17) is 9.47 Å². The molecule has 0 amide bonds. The molecule has 0 saturated carbocycles. The van der Waals surface area contributed by atoms with Crippen molar-refractivity contribution < 1.29 is 9.47 Å². The van der Waals surface area contributed by atoms with E-state index in [-0.39, 0.29) is 0 Å². The van der Waals surface area contributed by atoms with Crippen molar-refractivity contribution in [3.8, 4) is 11.5 Å². The molecule has 0 aliphatic carbocycles. The summed E-state index contributed by atoms with van der Waals surface area (Å²) < 4.78 is 10.2. The third-order valence-corrected chi connectivity index (χ3v) is 2.29. The molecule has 0 aliphatic heterocycles. The highest BCUT2D eigenvalue weighted by Crippen LogP contribution is 2.34. The van der Waals surface area contributed by atoms with Gasteiger partial charge in [-0.05, 0) is 6.26 Å². The molecule has 0 fully saturated rings. The Hall–Kier alpha value is -0.900. The van der Waals surface area contributed by atoms with E-state index in [1.807, 2.05) is 6.26 Å². The van der Waals surface area contributed by atoms with Crippen LogP contribution in [0, 0.1) is 0 Å². The van der Waals surface area contributed by atoms with Crippen LogP contribution < -0.4 is 9.47 Å². The smallest absolute Gasteiger partial charge is 0.154 e. The molecular formula is C8H11NO2S. The second-order valence-corrected chi connectivity index (χ2v) is 2.89. The maximum absolute atomic E-state index is 5.12. The van der Waals surface area contributed by atoms with Crippen molar-refractivity contribution in [3.05, 3.63) is 12.4 Å². The van der Waals surface area contributed by atoms with Crippen LogP contribution in [0.2, 0.25) is 0 Å². The number of aromatic nitrogens is 1. The van der Waals surface area contributed by atoms with Crippen molar-refractivity contribution in [1.29, 1.82) is 0 Å². The Labute approximate surface area is 76.1 Å². The highest BCUT2D eigenvalue weighted by Gasteiger charge is 2.07. The average Bonchev–Trinajstić information content (AvgIpc) is 2.16. The normalized spacial score (nSPS) is 9.58. The van der Waals surface area contributed by atoms with Crippen molar-refractivity contribution in [2.24, 2.45) is 0 Å². The van der Waals surface area contributed by atoms with Gasteiger partial charge in [-0.2, -0.15) is 0 Å². The maximum atomic E-state index is 5.12. The standard InChI is InChI=1S/C8H11NO2S/c1-10-6-4-9-5-7(11-2)8(6)12-3/h4-5H,1-3H3. The van der Waals surface area contributed by atoms with E-state index in [2.05, 4.69) is 4.98 Å². The van der Waals surface area contributed by atoms with Gasteiger partial charge in [0.1, 0.15) is 0 Å². The molecule has 0 aromatic carbocycles. The van der Waals surface area contributed by atoms with Gasteiger partial charge in [0.2, 0.25) is 0 Å². The molecule has 0 aliphatic rings. The largest absolute Gasteiger partial charge is 0.494 e. The Balaban J connectivity index is 3.13. The van der Waals surface area contributed by atoms with Crippen LogP contribution in [0.25, 0.3) is 0 Å². The van der Waals surface area contributed by atoms with Gasteiger partial charge in [0.25, 0.3) is 0 Å². The van der Waals surface area contributed by atoms with Crippen molar-refractivity contribution in [1.82, 2.24) is 4.98 Å². The predicted octanol–water partition coefficient (Wildman–Crippen LogP) is 1.82. The molecule has 12 heavy (non-hydrogen) atoms. The summed E-state index contributed by atoms with van der Waals surface area (Å²) >= 11 is 1.58. The van der Waals surface area contributed by atoms with Crippen LogP contribution in [0.3, 0.4) is 0 Å². The lowest BCUT2D eigenvalue weighted by molar-refractivity contribution is 0.373. The first-order valence-electron chi connectivity index (χ1n) is 3.43. The number of hydrogen-bond acceptors (Lipinski definition) is 4. The van der Waals surface area contributed by atoms with E-state index in [9.17, 15) is 0 Å². The molecule has 0 spiro atoms. The van der Waals surface area contributed by atoms with Crippen LogP contribution in [0.5, 0.6) is 11.5 Å². The maximum Gasteiger partial charge on any atom is 0.154 e. The Bertz CT molecular complexity index is 243. The minimum absolute atomic E-state index is 0.752. The molecule has 3 nitrogen and oxygen atoms in total. The second-order valence-electron chi connectivity index (χ2n) is 2.08. The fourth-order valence-corrected chi connectivity index (χ4v) is 1.58. The number of nitrogens with zero attached hydrogens (tertiary/aromatic N) is 1. The fraction of sp³-hybridized carbons (Fsp3) is 0.375. The van der Waals surface area contributed by atoms with Gasteiger partial charge in [0.15, 0.2) is 11.5 Å². The van der Waals surface area contributed by atoms with Crippen LogP contribution in [-0.4, -0.2) is 25.5 Å². The van der Waals surface area contributed by atoms with Crippen molar-refractivity contribution >= 4 is 11.8 Å². The molecule has 0 bridgehead atoms. The molecule has 0 atom stereocenters. The van der Waals surface area contributed by atoms with Crippen molar-refractivity contribution in [2.45, 2.75) is 4.90 Å². The van der Waals surface area contributed by atoms with Gasteiger partial charge in [-0.3, -0.25) is 4.98 Å². The number of thioether (sulfide) groups is 1. The third-order valence-electron chi connectivity index (χ3n) is 1.48.